The van der Waals surface area contributed by atoms with Crippen molar-refractivity contribution in [1.29, 1.82) is 0 Å². The maximum atomic E-state index is 13.1. The van der Waals surface area contributed by atoms with E-state index in [0.717, 1.165) is 49.8 Å². The maximum Gasteiger partial charge on any atom is 0.416 e. The number of imidazole rings is 1. The Morgan fingerprint density at radius 2 is 1.85 bits per heavy atom. The second kappa shape index (κ2) is 9.52. The van der Waals surface area contributed by atoms with Gasteiger partial charge >= 0.3 is 6.18 Å². The highest BCUT2D eigenvalue weighted by Crippen LogP contribution is 2.38. The fraction of sp³-hybridized carbons (Fsp3) is 0.417. The van der Waals surface area contributed by atoms with Crippen LogP contribution < -0.4 is 5.32 Å². The van der Waals surface area contributed by atoms with Crippen molar-refractivity contribution in [3.05, 3.63) is 59.2 Å². The first-order valence-corrected chi connectivity index (χ1v) is 11.0. The number of alkyl halides is 3. The van der Waals surface area contributed by atoms with E-state index in [0.29, 0.717) is 17.0 Å². The number of aliphatic hydroxyl groups is 2. The van der Waals surface area contributed by atoms with Crippen molar-refractivity contribution in [2.45, 2.75) is 50.9 Å². The molecule has 1 aromatic heterocycles. The van der Waals surface area contributed by atoms with Gasteiger partial charge in [-0.15, -0.1) is 0 Å². The minimum Gasteiger partial charge on any atom is -0.396 e. The molecule has 1 aliphatic rings. The number of anilines is 1. The first kappa shape index (κ1) is 23.3. The van der Waals surface area contributed by atoms with Gasteiger partial charge in [-0.2, -0.15) is 13.2 Å². The van der Waals surface area contributed by atoms with E-state index in [1.807, 2.05) is 10.6 Å². The number of fused-ring (bicyclic) bond motifs is 1. The van der Waals surface area contributed by atoms with Crippen molar-refractivity contribution < 1.29 is 28.2 Å². The van der Waals surface area contributed by atoms with Crippen LogP contribution in [0.5, 0.6) is 0 Å². The van der Waals surface area contributed by atoms with E-state index in [9.17, 15) is 28.2 Å². The fourth-order valence-corrected chi connectivity index (χ4v) is 4.58. The molecule has 9 heteroatoms. The van der Waals surface area contributed by atoms with Gasteiger partial charge in [0.1, 0.15) is 0 Å². The molecule has 3 N–H and O–H groups in total. The molecule has 1 fully saturated rings. The largest absolute Gasteiger partial charge is 0.416 e. The van der Waals surface area contributed by atoms with Crippen LogP contribution in [0.25, 0.3) is 11.0 Å². The Kier molecular flexibility index (Phi) is 6.71. The average Bonchev–Trinajstić information content (AvgIpc) is 3.16. The Bertz CT molecular complexity index is 1130. The summed E-state index contributed by atoms with van der Waals surface area (Å²) in [5.74, 6) is 0.0410. The highest BCUT2D eigenvalue weighted by Gasteiger charge is 2.31. The van der Waals surface area contributed by atoms with E-state index >= 15 is 0 Å². The number of hydrogen-bond acceptors (Lipinski definition) is 4. The predicted octanol–water partition coefficient (Wildman–Crippen LogP) is 4.91. The van der Waals surface area contributed by atoms with Crippen molar-refractivity contribution >= 4 is 22.9 Å². The first-order valence-electron chi connectivity index (χ1n) is 11.0. The molecule has 0 radical (unpaired) electrons. The van der Waals surface area contributed by atoms with Gasteiger partial charge in [-0.3, -0.25) is 10.1 Å². The zero-order chi connectivity index (χ0) is 23.6. The topological polar surface area (TPSA) is 87.4 Å². The Morgan fingerprint density at radius 3 is 2.52 bits per heavy atom. The van der Waals surface area contributed by atoms with Crippen molar-refractivity contribution in [2.75, 3.05) is 11.9 Å². The number of hydrogen-bond donors (Lipinski definition) is 3. The standard InChI is InChI=1S/C24H26F3N3O3/c25-24(26,27)18-3-1-2-17(13-18)22(33)29-23-28-20-9-6-16(14-32)12-21(20)30(23)19-7-4-15(5-8-19)10-11-31/h1-3,6,9,12-13,15,19,31-32H,4-5,7-8,10-11,14H2,(H,28,29,33)/t15-,19+. The lowest BCUT2D eigenvalue weighted by Gasteiger charge is -2.30. The third kappa shape index (κ3) is 5.04. The number of nitrogens with zero attached hydrogens (tertiary/aromatic N) is 2. The van der Waals surface area contributed by atoms with Crippen LogP contribution in [-0.2, 0) is 12.8 Å². The number of carbonyl (C=O) groups is 1. The van der Waals surface area contributed by atoms with Crippen LogP contribution in [-0.4, -0.2) is 32.3 Å². The molecule has 33 heavy (non-hydrogen) atoms. The van der Waals surface area contributed by atoms with Crippen molar-refractivity contribution in [3.63, 3.8) is 0 Å². The van der Waals surface area contributed by atoms with Gasteiger partial charge in [-0.05, 0) is 73.9 Å². The number of amides is 1. The van der Waals surface area contributed by atoms with E-state index in [4.69, 9.17) is 0 Å². The van der Waals surface area contributed by atoms with Gasteiger partial charge in [0.15, 0.2) is 0 Å². The number of nitrogens with one attached hydrogen (secondary N) is 1. The molecule has 1 saturated carbocycles. The van der Waals surface area contributed by atoms with Gasteiger partial charge in [-0.1, -0.05) is 12.1 Å². The van der Waals surface area contributed by atoms with Gasteiger partial charge in [0.25, 0.3) is 5.91 Å². The molecule has 0 bridgehead atoms. The lowest BCUT2D eigenvalue weighted by molar-refractivity contribution is -0.137. The molecular weight excluding hydrogens is 435 g/mol. The minimum absolute atomic E-state index is 0.0377. The zero-order valence-corrected chi connectivity index (χ0v) is 18.0. The zero-order valence-electron chi connectivity index (χ0n) is 18.0. The number of halogens is 3. The van der Waals surface area contributed by atoms with Crippen LogP contribution in [0.3, 0.4) is 0 Å². The maximum absolute atomic E-state index is 13.1. The smallest absolute Gasteiger partial charge is 0.396 e. The first-order chi connectivity index (χ1) is 15.8. The fourth-order valence-electron chi connectivity index (χ4n) is 4.58. The third-order valence-electron chi connectivity index (χ3n) is 6.33. The molecule has 1 amide bonds. The van der Waals surface area contributed by atoms with Crippen molar-refractivity contribution in [3.8, 4) is 0 Å². The summed E-state index contributed by atoms with van der Waals surface area (Å²) in [5.41, 5.74) is 1.09. The van der Waals surface area contributed by atoms with Gasteiger partial charge in [0.2, 0.25) is 5.95 Å². The molecule has 0 atom stereocenters. The second-order valence-electron chi connectivity index (χ2n) is 8.51. The van der Waals surface area contributed by atoms with Crippen LogP contribution in [0.1, 0.15) is 59.6 Å². The summed E-state index contributed by atoms with van der Waals surface area (Å²) in [6, 6.07) is 9.65. The highest BCUT2D eigenvalue weighted by atomic mass is 19.4. The summed E-state index contributed by atoms with van der Waals surface area (Å²) >= 11 is 0. The summed E-state index contributed by atoms with van der Waals surface area (Å²) in [5, 5.41) is 21.5. The molecule has 2 aromatic carbocycles. The van der Waals surface area contributed by atoms with Crippen LogP contribution >= 0.6 is 0 Å². The SMILES string of the molecule is O=C(Nc1nc2ccc(CO)cc2n1[C@H]1CC[C@@H](CCO)CC1)c1cccc(C(F)(F)F)c1. The minimum atomic E-state index is -4.54. The molecule has 1 heterocycles. The molecule has 6 nitrogen and oxygen atoms in total. The molecular formula is C24H26F3N3O3. The number of aromatic nitrogens is 2. The quantitative estimate of drug-likeness (QED) is 0.487. The normalized spacial score (nSPS) is 19.1. The Labute approximate surface area is 189 Å². The summed E-state index contributed by atoms with van der Waals surface area (Å²) in [4.78, 5) is 17.4. The summed E-state index contributed by atoms with van der Waals surface area (Å²) in [6.45, 7) is 0.0117. The number of benzene rings is 2. The summed E-state index contributed by atoms with van der Waals surface area (Å²) < 4.78 is 41.2. The molecule has 176 valence electrons. The van der Waals surface area contributed by atoms with E-state index in [2.05, 4.69) is 10.3 Å². The van der Waals surface area contributed by atoms with E-state index in [1.165, 1.54) is 12.1 Å². The van der Waals surface area contributed by atoms with Crippen LogP contribution in [0.4, 0.5) is 19.1 Å². The second-order valence-corrected chi connectivity index (χ2v) is 8.51. The van der Waals surface area contributed by atoms with E-state index < -0.39 is 17.6 Å². The van der Waals surface area contributed by atoms with Crippen molar-refractivity contribution in [2.24, 2.45) is 5.92 Å². The molecule has 1 aliphatic carbocycles. The monoisotopic (exact) mass is 461 g/mol. The highest BCUT2D eigenvalue weighted by molar-refractivity contribution is 6.04. The van der Waals surface area contributed by atoms with Gasteiger partial charge in [0.05, 0.1) is 23.2 Å². The lowest BCUT2D eigenvalue weighted by atomic mass is 9.84. The Balaban J connectivity index is 1.67. The third-order valence-corrected chi connectivity index (χ3v) is 6.33. The van der Waals surface area contributed by atoms with Crippen LogP contribution in [0, 0.1) is 5.92 Å². The number of carbonyl (C=O) groups excluding carboxylic acids is 1. The van der Waals surface area contributed by atoms with Crippen LogP contribution in [0.2, 0.25) is 0 Å². The van der Waals surface area contributed by atoms with Gasteiger partial charge in [0, 0.05) is 18.2 Å². The molecule has 0 unspecified atom stereocenters. The lowest BCUT2D eigenvalue weighted by Crippen LogP contribution is -2.22. The van der Waals surface area contributed by atoms with Crippen LogP contribution in [0.15, 0.2) is 42.5 Å². The molecule has 0 aliphatic heterocycles. The molecule has 3 aromatic rings. The molecule has 4 rings (SSSR count). The summed E-state index contributed by atoms with van der Waals surface area (Å²) in [7, 11) is 0. The van der Waals surface area contributed by atoms with Crippen molar-refractivity contribution in [1.82, 2.24) is 9.55 Å². The average molecular weight is 461 g/mol. The van der Waals surface area contributed by atoms with E-state index in [-0.39, 0.29) is 30.8 Å². The molecule has 0 spiro atoms. The van der Waals surface area contributed by atoms with Gasteiger partial charge < -0.3 is 14.8 Å². The number of rotatable bonds is 6. The Hall–Kier alpha value is -2.91. The predicted molar refractivity (Wildman–Crippen MR) is 118 cm³/mol. The Morgan fingerprint density at radius 1 is 1.09 bits per heavy atom. The molecule has 0 saturated heterocycles. The van der Waals surface area contributed by atoms with E-state index in [1.54, 1.807) is 12.1 Å². The van der Waals surface area contributed by atoms with Gasteiger partial charge in [-0.25, -0.2) is 4.98 Å². The summed E-state index contributed by atoms with van der Waals surface area (Å²) in [6.07, 6.45) is -0.294. The number of aliphatic hydroxyl groups excluding tert-OH is 2.